The monoisotopic (exact) mass is 437 g/mol. The lowest BCUT2D eigenvalue weighted by Crippen LogP contribution is -2.33. The van der Waals surface area contributed by atoms with Crippen LogP contribution in [0.2, 0.25) is 10.0 Å². The molecule has 0 aromatic heterocycles. The highest BCUT2D eigenvalue weighted by Crippen LogP contribution is 2.50. The van der Waals surface area contributed by atoms with E-state index in [2.05, 4.69) is 41.3 Å². The zero-order chi connectivity index (χ0) is 20.8. The second kappa shape index (κ2) is 7.53. The molecule has 6 heteroatoms. The lowest BCUT2D eigenvalue weighted by atomic mass is 9.96. The van der Waals surface area contributed by atoms with Gasteiger partial charge in [0.1, 0.15) is 5.75 Å². The Bertz CT molecular complexity index is 1110. The van der Waals surface area contributed by atoms with E-state index < -0.39 is 0 Å². The predicted molar refractivity (Wildman–Crippen MR) is 123 cm³/mol. The molecule has 0 radical (unpaired) electrons. The fourth-order valence-corrected chi connectivity index (χ4v) is 4.63. The quantitative estimate of drug-likeness (QED) is 0.480. The third kappa shape index (κ3) is 3.30. The van der Waals surface area contributed by atoms with Gasteiger partial charge in [-0.3, -0.25) is 0 Å². The number of benzene rings is 3. The van der Waals surface area contributed by atoms with E-state index in [-0.39, 0.29) is 12.3 Å². The number of nitrogens with zero attached hydrogens (tertiary/aromatic N) is 3. The number of hydrazone groups is 1. The first-order valence-electron chi connectivity index (χ1n) is 9.85. The fourth-order valence-electron chi connectivity index (χ4n) is 4.08. The number of halogens is 2. The Kier molecular flexibility index (Phi) is 4.84. The molecule has 152 valence electrons. The van der Waals surface area contributed by atoms with Crippen molar-refractivity contribution in [1.29, 1.82) is 0 Å². The average molecular weight is 438 g/mol. The van der Waals surface area contributed by atoms with Crippen LogP contribution < -0.4 is 9.64 Å². The summed E-state index contributed by atoms with van der Waals surface area (Å²) < 4.78 is 6.42. The average Bonchev–Trinajstić information content (AvgIpc) is 3.20. The first kappa shape index (κ1) is 19.3. The molecule has 2 atom stereocenters. The molecule has 5 rings (SSSR count). The minimum absolute atomic E-state index is 0.0127. The zero-order valence-corrected chi connectivity index (χ0v) is 18.2. The molecule has 2 aliphatic rings. The van der Waals surface area contributed by atoms with Crippen molar-refractivity contribution in [3.8, 4) is 5.75 Å². The van der Waals surface area contributed by atoms with Gasteiger partial charge in [-0.15, -0.1) is 0 Å². The molecule has 4 nitrogen and oxygen atoms in total. The van der Waals surface area contributed by atoms with Crippen LogP contribution in [0.15, 0.2) is 71.8 Å². The molecule has 3 aromatic carbocycles. The summed E-state index contributed by atoms with van der Waals surface area (Å²) in [6.07, 6.45) is 0.405. The van der Waals surface area contributed by atoms with Gasteiger partial charge in [0.15, 0.2) is 0 Å². The van der Waals surface area contributed by atoms with Gasteiger partial charge in [0.25, 0.3) is 0 Å². The largest absolute Gasteiger partial charge is 0.463 e. The molecule has 0 amide bonds. The molecule has 2 heterocycles. The van der Waals surface area contributed by atoms with Gasteiger partial charge in [-0.05, 0) is 29.8 Å². The number of hydrogen-bond acceptors (Lipinski definition) is 4. The van der Waals surface area contributed by atoms with Crippen LogP contribution in [0.4, 0.5) is 5.69 Å². The Morgan fingerprint density at radius 2 is 1.73 bits per heavy atom. The van der Waals surface area contributed by atoms with Gasteiger partial charge >= 0.3 is 0 Å². The van der Waals surface area contributed by atoms with Crippen molar-refractivity contribution in [3.05, 3.63) is 93.5 Å². The number of hydrogen-bond donors (Lipinski definition) is 0. The summed E-state index contributed by atoms with van der Waals surface area (Å²) in [6, 6.07) is 22.3. The lowest BCUT2D eigenvalue weighted by molar-refractivity contribution is -0.0189. The molecule has 0 fully saturated rings. The number of ether oxygens (including phenoxy) is 1. The van der Waals surface area contributed by atoms with Gasteiger partial charge < -0.3 is 9.64 Å². The molecule has 0 spiro atoms. The third-order valence-electron chi connectivity index (χ3n) is 5.61. The molecule has 2 unspecified atom stereocenters. The van der Waals surface area contributed by atoms with Crippen molar-refractivity contribution in [2.45, 2.75) is 18.7 Å². The van der Waals surface area contributed by atoms with Gasteiger partial charge in [-0.1, -0.05) is 65.7 Å². The van der Waals surface area contributed by atoms with Crippen LogP contribution >= 0.6 is 23.2 Å². The van der Waals surface area contributed by atoms with E-state index in [1.807, 2.05) is 43.4 Å². The van der Waals surface area contributed by atoms with Crippen molar-refractivity contribution in [2.24, 2.45) is 5.10 Å². The summed E-state index contributed by atoms with van der Waals surface area (Å²) >= 11 is 12.9. The Hall–Kier alpha value is -2.69. The van der Waals surface area contributed by atoms with E-state index in [4.69, 9.17) is 33.0 Å². The highest BCUT2D eigenvalue weighted by Gasteiger charge is 2.42. The van der Waals surface area contributed by atoms with Crippen molar-refractivity contribution in [1.82, 2.24) is 5.01 Å². The van der Waals surface area contributed by atoms with Crippen LogP contribution in [0.25, 0.3) is 0 Å². The molecule has 0 saturated carbocycles. The molecule has 0 aliphatic carbocycles. The van der Waals surface area contributed by atoms with Crippen LogP contribution in [0.5, 0.6) is 5.75 Å². The van der Waals surface area contributed by atoms with E-state index in [9.17, 15) is 0 Å². The van der Waals surface area contributed by atoms with Crippen LogP contribution in [-0.4, -0.2) is 24.8 Å². The second-order valence-corrected chi connectivity index (χ2v) is 8.62. The summed E-state index contributed by atoms with van der Waals surface area (Å²) in [7, 11) is 4.05. The minimum atomic E-state index is -0.362. The summed E-state index contributed by atoms with van der Waals surface area (Å²) in [5.41, 5.74) is 5.28. The van der Waals surface area contributed by atoms with E-state index in [1.54, 1.807) is 6.07 Å². The topological polar surface area (TPSA) is 28.1 Å². The molecule has 30 heavy (non-hydrogen) atoms. The Labute approximate surface area is 186 Å². The first-order chi connectivity index (χ1) is 14.5. The summed E-state index contributed by atoms with van der Waals surface area (Å²) in [5.74, 6) is 0.688. The van der Waals surface area contributed by atoms with Crippen LogP contribution in [-0.2, 0) is 0 Å². The number of anilines is 1. The van der Waals surface area contributed by atoms with E-state index in [0.717, 1.165) is 34.5 Å². The maximum Gasteiger partial charge on any atom is 0.213 e. The van der Waals surface area contributed by atoms with Crippen molar-refractivity contribution < 1.29 is 4.74 Å². The van der Waals surface area contributed by atoms with Crippen LogP contribution in [0, 0.1) is 0 Å². The van der Waals surface area contributed by atoms with E-state index in [1.165, 1.54) is 0 Å². The first-order valence-corrected chi connectivity index (χ1v) is 10.6. The lowest BCUT2D eigenvalue weighted by Gasteiger charge is -2.38. The van der Waals surface area contributed by atoms with E-state index in [0.29, 0.717) is 15.8 Å². The van der Waals surface area contributed by atoms with Gasteiger partial charge in [0.2, 0.25) is 6.23 Å². The fraction of sp³-hybridized carbons (Fsp3) is 0.208. The van der Waals surface area contributed by atoms with Gasteiger partial charge in [0.05, 0.1) is 16.8 Å². The zero-order valence-electron chi connectivity index (χ0n) is 16.7. The highest BCUT2D eigenvalue weighted by molar-refractivity contribution is 6.35. The van der Waals surface area contributed by atoms with E-state index >= 15 is 0 Å². The Morgan fingerprint density at radius 3 is 2.43 bits per heavy atom. The predicted octanol–water partition coefficient (Wildman–Crippen LogP) is 6.30. The molecule has 2 aliphatic heterocycles. The molecular formula is C24H21Cl2N3O. The van der Waals surface area contributed by atoms with Gasteiger partial charge in [0, 0.05) is 42.4 Å². The van der Waals surface area contributed by atoms with Crippen LogP contribution in [0.3, 0.4) is 0 Å². The number of rotatable bonds is 3. The Morgan fingerprint density at radius 1 is 1.00 bits per heavy atom. The summed E-state index contributed by atoms with van der Waals surface area (Å²) in [6.45, 7) is 0. The molecular weight excluding hydrogens is 417 g/mol. The second-order valence-electron chi connectivity index (χ2n) is 7.77. The van der Waals surface area contributed by atoms with Crippen molar-refractivity contribution >= 4 is 34.6 Å². The molecule has 0 N–H and O–H groups in total. The molecule has 3 aromatic rings. The minimum Gasteiger partial charge on any atom is -0.463 e. The summed E-state index contributed by atoms with van der Waals surface area (Å²) in [4.78, 5) is 2.07. The SMILES string of the molecule is CN(C)c1ccc(C2Oc3c(Cl)cc(Cl)cc3C3CC(c4ccccc4)=NN32)cc1. The van der Waals surface area contributed by atoms with Crippen molar-refractivity contribution in [3.63, 3.8) is 0 Å². The third-order valence-corrected chi connectivity index (χ3v) is 6.11. The van der Waals surface area contributed by atoms with Gasteiger partial charge in [-0.25, -0.2) is 5.01 Å². The maximum absolute atomic E-state index is 6.54. The van der Waals surface area contributed by atoms with Crippen molar-refractivity contribution in [2.75, 3.05) is 19.0 Å². The number of fused-ring (bicyclic) bond motifs is 3. The Balaban J connectivity index is 1.60. The standard InChI is InChI=1S/C24H21Cl2N3O/c1-28(2)18-10-8-16(9-11-18)24-29-22(14-21(27-29)15-6-4-3-5-7-15)19-12-17(25)13-20(26)23(19)30-24/h3-13,22,24H,14H2,1-2H3. The maximum atomic E-state index is 6.54. The normalized spacial score (nSPS) is 19.6. The smallest absolute Gasteiger partial charge is 0.213 e. The van der Waals surface area contributed by atoms with Gasteiger partial charge in [-0.2, -0.15) is 5.10 Å². The van der Waals surface area contributed by atoms with Crippen LogP contribution in [0.1, 0.15) is 35.4 Å². The highest BCUT2D eigenvalue weighted by atomic mass is 35.5. The molecule has 0 saturated heterocycles. The molecule has 0 bridgehead atoms. The summed E-state index contributed by atoms with van der Waals surface area (Å²) in [5, 5.41) is 8.16.